The summed E-state index contributed by atoms with van der Waals surface area (Å²) in [6, 6.07) is 6.70. The van der Waals surface area contributed by atoms with Gasteiger partial charge in [-0.05, 0) is 24.6 Å². The highest BCUT2D eigenvalue weighted by Gasteiger charge is 2.38. The van der Waals surface area contributed by atoms with Crippen molar-refractivity contribution < 1.29 is 47.2 Å². The number of guanidine groups is 1. The average Bonchev–Trinajstić information content (AvgIpc) is 2.91. The number of carboxylic acids is 2. The number of methoxy groups -OCH3 is 1. The first kappa shape index (κ1) is 31.8. The number of alkyl halides is 3. The third kappa shape index (κ3) is 11.5. The van der Waals surface area contributed by atoms with E-state index >= 15 is 0 Å². The topological polar surface area (TPSA) is 144 Å². The van der Waals surface area contributed by atoms with Gasteiger partial charge in [-0.1, -0.05) is 6.07 Å². The number of nitrogens with zero attached hydrogens (tertiary/aromatic N) is 4. The van der Waals surface area contributed by atoms with Crippen LogP contribution in [0, 0.1) is 0 Å². The fraction of sp³-hybridized carbons (Fsp3) is 0.583. The minimum absolute atomic E-state index is 0.152. The Kier molecular flexibility index (Phi) is 12.9. The number of hydrogen-bond donors (Lipinski definition) is 3. The summed E-state index contributed by atoms with van der Waals surface area (Å²) in [6.07, 6.45) is -4.29. The molecular formula is C24H34F3N5O7. The van der Waals surface area contributed by atoms with E-state index in [9.17, 15) is 27.9 Å². The molecule has 3 N–H and O–H groups in total. The number of benzene rings is 1. The van der Waals surface area contributed by atoms with Gasteiger partial charge in [0.1, 0.15) is 0 Å². The first-order chi connectivity index (χ1) is 18.5. The molecule has 2 aliphatic rings. The number of carbonyl (C=O) groups excluding carboxylic acids is 1. The number of aromatic carboxylic acids is 1. The Morgan fingerprint density at radius 3 is 2.26 bits per heavy atom. The molecule has 12 nitrogen and oxygen atoms in total. The van der Waals surface area contributed by atoms with Crippen molar-refractivity contribution in [3.8, 4) is 0 Å². The zero-order valence-electron chi connectivity index (χ0n) is 21.7. The molecule has 2 aliphatic heterocycles. The number of halogens is 3. The SMILES string of the molecule is COCCCN=C(Nc1cccc(C(=O)O)c1)N1CCN(CC(=O)N2CCOCC2)CC1.O=C(O)C(F)(F)F. The molecule has 1 amide bonds. The first-order valence-electron chi connectivity index (χ1n) is 12.3. The summed E-state index contributed by atoms with van der Waals surface area (Å²) in [7, 11) is 1.66. The van der Waals surface area contributed by atoms with Crippen LogP contribution in [0.4, 0.5) is 18.9 Å². The van der Waals surface area contributed by atoms with Gasteiger partial charge in [-0.25, -0.2) is 9.59 Å². The number of carbonyl (C=O) groups is 3. The molecule has 2 saturated heterocycles. The molecule has 15 heteroatoms. The van der Waals surface area contributed by atoms with Crippen LogP contribution in [-0.4, -0.2) is 134 Å². The second-order valence-electron chi connectivity index (χ2n) is 8.62. The van der Waals surface area contributed by atoms with Crippen molar-refractivity contribution in [2.75, 3.05) is 84.6 Å². The van der Waals surface area contributed by atoms with E-state index in [1.165, 1.54) is 0 Å². The van der Waals surface area contributed by atoms with Crippen molar-refractivity contribution in [2.24, 2.45) is 4.99 Å². The summed E-state index contributed by atoms with van der Waals surface area (Å²) in [4.78, 5) is 43.6. The lowest BCUT2D eigenvalue weighted by atomic mass is 10.2. The van der Waals surface area contributed by atoms with Crippen LogP contribution in [-0.2, 0) is 19.1 Å². The monoisotopic (exact) mass is 561 g/mol. The Morgan fingerprint density at radius 1 is 1.05 bits per heavy atom. The summed E-state index contributed by atoms with van der Waals surface area (Å²) in [5.74, 6) is -2.86. The molecule has 2 fully saturated rings. The Balaban J connectivity index is 0.000000673. The Hall–Kier alpha value is -3.43. The van der Waals surface area contributed by atoms with Gasteiger partial charge in [0, 0.05) is 65.2 Å². The molecular weight excluding hydrogens is 527 g/mol. The van der Waals surface area contributed by atoms with E-state index in [4.69, 9.17) is 24.4 Å². The van der Waals surface area contributed by atoms with Crippen LogP contribution in [0.25, 0.3) is 0 Å². The fourth-order valence-electron chi connectivity index (χ4n) is 3.69. The third-order valence-corrected chi connectivity index (χ3v) is 5.77. The molecule has 1 aromatic carbocycles. The molecule has 0 radical (unpaired) electrons. The number of amides is 1. The van der Waals surface area contributed by atoms with E-state index < -0.39 is 18.1 Å². The number of nitrogens with one attached hydrogen (secondary N) is 1. The number of piperazine rings is 1. The smallest absolute Gasteiger partial charge is 0.478 e. The molecule has 0 aliphatic carbocycles. The number of anilines is 1. The Labute approximate surface area is 224 Å². The summed E-state index contributed by atoms with van der Waals surface area (Å²) < 4.78 is 42.2. The van der Waals surface area contributed by atoms with Gasteiger partial charge in [0.2, 0.25) is 5.91 Å². The van der Waals surface area contributed by atoms with Crippen molar-refractivity contribution in [3.63, 3.8) is 0 Å². The predicted octanol–water partition coefficient (Wildman–Crippen LogP) is 1.30. The molecule has 218 valence electrons. The lowest BCUT2D eigenvalue weighted by molar-refractivity contribution is -0.192. The zero-order chi connectivity index (χ0) is 28.8. The van der Waals surface area contributed by atoms with Crippen LogP contribution < -0.4 is 5.32 Å². The minimum atomic E-state index is -5.08. The standard InChI is InChI=1S/C22H33N5O5.C2HF3O2/c1-31-13-3-6-23-22(24-19-5-2-4-18(16-19)21(29)30)27-9-7-25(8-10-27)17-20(28)26-11-14-32-15-12-26;3-2(4,5)1(6)7/h2,4-5,16H,3,6-15,17H2,1H3,(H,23,24)(H,29,30);(H,6,7). The summed E-state index contributed by atoms with van der Waals surface area (Å²) in [5.41, 5.74) is 0.903. The average molecular weight is 562 g/mol. The second-order valence-corrected chi connectivity index (χ2v) is 8.62. The summed E-state index contributed by atoms with van der Waals surface area (Å²) >= 11 is 0. The maximum Gasteiger partial charge on any atom is 0.490 e. The van der Waals surface area contributed by atoms with Crippen molar-refractivity contribution >= 4 is 29.5 Å². The van der Waals surface area contributed by atoms with E-state index in [2.05, 4.69) is 15.1 Å². The van der Waals surface area contributed by atoms with E-state index in [0.29, 0.717) is 57.6 Å². The van der Waals surface area contributed by atoms with Crippen LogP contribution in [0.15, 0.2) is 29.3 Å². The molecule has 0 saturated carbocycles. The highest BCUT2D eigenvalue weighted by Crippen LogP contribution is 2.14. The predicted molar refractivity (Wildman–Crippen MR) is 135 cm³/mol. The number of ether oxygens (including phenoxy) is 2. The van der Waals surface area contributed by atoms with Crippen molar-refractivity contribution in [1.29, 1.82) is 0 Å². The van der Waals surface area contributed by atoms with Gasteiger partial charge in [0.15, 0.2) is 5.96 Å². The molecule has 39 heavy (non-hydrogen) atoms. The maximum absolute atomic E-state index is 12.5. The fourth-order valence-corrected chi connectivity index (χ4v) is 3.69. The second kappa shape index (κ2) is 15.9. The summed E-state index contributed by atoms with van der Waals surface area (Å²) in [6.45, 7) is 7.15. The van der Waals surface area contributed by atoms with E-state index in [-0.39, 0.29) is 11.5 Å². The quantitative estimate of drug-likeness (QED) is 0.241. The number of rotatable bonds is 8. The number of aliphatic imine (C=N–C) groups is 1. The molecule has 2 heterocycles. The molecule has 0 aromatic heterocycles. The zero-order valence-corrected chi connectivity index (χ0v) is 21.7. The van der Waals surface area contributed by atoms with Gasteiger partial charge in [0.25, 0.3) is 0 Å². The number of hydrogen-bond acceptors (Lipinski definition) is 7. The van der Waals surface area contributed by atoms with Gasteiger partial charge in [0.05, 0.1) is 25.3 Å². The molecule has 0 spiro atoms. The van der Waals surface area contributed by atoms with Crippen LogP contribution in [0.1, 0.15) is 16.8 Å². The first-order valence-corrected chi connectivity index (χ1v) is 12.3. The molecule has 1 aromatic rings. The number of carboxylic acid groups (broad SMARTS) is 2. The highest BCUT2D eigenvalue weighted by molar-refractivity contribution is 5.96. The van der Waals surface area contributed by atoms with Crippen LogP contribution in [0.3, 0.4) is 0 Å². The molecule has 0 bridgehead atoms. The van der Waals surface area contributed by atoms with Gasteiger partial charge in [-0.3, -0.25) is 14.7 Å². The number of aliphatic carboxylic acids is 1. The van der Waals surface area contributed by atoms with E-state index in [0.717, 1.165) is 32.6 Å². The van der Waals surface area contributed by atoms with Crippen LogP contribution >= 0.6 is 0 Å². The van der Waals surface area contributed by atoms with Crippen LogP contribution in [0.5, 0.6) is 0 Å². The lowest BCUT2D eigenvalue weighted by Gasteiger charge is -2.37. The van der Waals surface area contributed by atoms with Gasteiger partial charge >= 0.3 is 18.1 Å². The lowest BCUT2D eigenvalue weighted by Crippen LogP contribution is -2.53. The molecule has 3 rings (SSSR count). The van der Waals surface area contributed by atoms with Crippen molar-refractivity contribution in [1.82, 2.24) is 14.7 Å². The van der Waals surface area contributed by atoms with Crippen molar-refractivity contribution in [3.05, 3.63) is 29.8 Å². The van der Waals surface area contributed by atoms with E-state index in [1.807, 2.05) is 11.0 Å². The number of morpholine rings is 1. The van der Waals surface area contributed by atoms with Crippen molar-refractivity contribution in [2.45, 2.75) is 12.6 Å². The molecule has 0 unspecified atom stereocenters. The maximum atomic E-state index is 12.5. The third-order valence-electron chi connectivity index (χ3n) is 5.77. The van der Waals surface area contributed by atoms with Gasteiger partial charge in [-0.15, -0.1) is 0 Å². The largest absolute Gasteiger partial charge is 0.490 e. The highest BCUT2D eigenvalue weighted by atomic mass is 19.4. The van der Waals surface area contributed by atoms with E-state index in [1.54, 1.807) is 25.3 Å². The normalized spacial score (nSPS) is 16.8. The minimum Gasteiger partial charge on any atom is -0.478 e. The Bertz CT molecular complexity index is 979. The summed E-state index contributed by atoms with van der Waals surface area (Å²) in [5, 5.41) is 19.7. The van der Waals surface area contributed by atoms with Crippen LogP contribution in [0.2, 0.25) is 0 Å². The van der Waals surface area contributed by atoms with Gasteiger partial charge in [-0.2, -0.15) is 13.2 Å². The molecule has 0 atom stereocenters. The Morgan fingerprint density at radius 2 is 1.69 bits per heavy atom. The van der Waals surface area contributed by atoms with Gasteiger partial charge < -0.3 is 34.8 Å².